The number of carboxylic acid groups (broad SMARTS) is 2. The number of fused-ring (bicyclic) bond motifs is 8. The SMILES string of the molecule is C=Cc1c(C)c2cc3nc(c(CC(=O)N(C)CCOC)c4nc(cc5[nH]c(cc1[nH]2)c(C)c5CC)C(C)=C4C(=O)O)[C@@H](CCC(=O)O)[C@@H]3C. The Morgan fingerprint density at radius 1 is 1.00 bits per heavy atom. The molecule has 5 heterocycles. The van der Waals surface area contributed by atoms with Gasteiger partial charge in [0.15, 0.2) is 0 Å². The van der Waals surface area contributed by atoms with Gasteiger partial charge < -0.3 is 29.8 Å². The third-order valence-corrected chi connectivity index (χ3v) is 10.0. The average Bonchev–Trinajstić information content (AvgIpc) is 3.74. The maximum absolute atomic E-state index is 13.8. The van der Waals surface area contributed by atoms with Crippen LogP contribution in [0.15, 0.2) is 24.8 Å². The van der Waals surface area contributed by atoms with Gasteiger partial charge in [-0.1, -0.05) is 26.5 Å². The lowest BCUT2D eigenvalue weighted by molar-refractivity contribution is -0.137. The number of likely N-dealkylation sites (N-methyl/N-ethyl adjacent to an activating group) is 1. The van der Waals surface area contributed by atoms with Crippen molar-refractivity contribution in [3.8, 4) is 0 Å². The number of nitrogens with zero attached hydrogens (tertiary/aromatic N) is 3. The van der Waals surface area contributed by atoms with Gasteiger partial charge in [-0.2, -0.15) is 0 Å². The molecule has 2 aliphatic rings. The molecule has 258 valence electrons. The molecule has 11 heteroatoms. The van der Waals surface area contributed by atoms with Crippen molar-refractivity contribution in [3.05, 3.63) is 75.4 Å². The number of amides is 1. The molecule has 0 saturated heterocycles. The molecule has 8 bridgehead atoms. The van der Waals surface area contributed by atoms with Crippen molar-refractivity contribution in [1.82, 2.24) is 24.8 Å². The summed E-state index contributed by atoms with van der Waals surface area (Å²) in [5.74, 6) is -3.02. The van der Waals surface area contributed by atoms with E-state index < -0.39 is 17.9 Å². The Balaban J connectivity index is 1.99. The highest BCUT2D eigenvalue weighted by Gasteiger charge is 2.35. The van der Waals surface area contributed by atoms with Crippen molar-refractivity contribution in [1.29, 1.82) is 0 Å². The molecule has 0 saturated carbocycles. The number of aliphatic carboxylic acids is 2. The van der Waals surface area contributed by atoms with E-state index in [4.69, 9.17) is 14.7 Å². The van der Waals surface area contributed by atoms with Gasteiger partial charge in [0.2, 0.25) is 5.91 Å². The van der Waals surface area contributed by atoms with Crippen LogP contribution in [0.3, 0.4) is 0 Å². The van der Waals surface area contributed by atoms with Crippen LogP contribution in [-0.4, -0.2) is 80.2 Å². The average molecular weight is 668 g/mol. The maximum atomic E-state index is 13.8. The zero-order valence-corrected chi connectivity index (χ0v) is 29.3. The Morgan fingerprint density at radius 3 is 2.33 bits per heavy atom. The van der Waals surface area contributed by atoms with Crippen molar-refractivity contribution in [2.24, 2.45) is 0 Å². The summed E-state index contributed by atoms with van der Waals surface area (Å²) in [6.07, 6.45) is 2.51. The van der Waals surface area contributed by atoms with Gasteiger partial charge in [-0.05, 0) is 74.1 Å². The van der Waals surface area contributed by atoms with Crippen LogP contribution in [-0.2, 0) is 32.0 Å². The fraction of sp³-hybridized carbons (Fsp3) is 0.395. The zero-order chi connectivity index (χ0) is 35.7. The van der Waals surface area contributed by atoms with E-state index in [0.717, 1.165) is 50.7 Å². The van der Waals surface area contributed by atoms with Gasteiger partial charge in [0, 0.05) is 77.8 Å². The normalized spacial score (nSPS) is 15.8. The Bertz CT molecular complexity index is 2050. The number of carbonyl (C=O) groups is 3. The number of carboxylic acids is 2. The molecule has 2 aliphatic heterocycles. The molecule has 0 aliphatic carbocycles. The van der Waals surface area contributed by atoms with E-state index in [1.54, 1.807) is 21.1 Å². The highest BCUT2D eigenvalue weighted by molar-refractivity contribution is 6.24. The number of rotatable bonds is 11. The minimum atomic E-state index is -1.17. The van der Waals surface area contributed by atoms with Gasteiger partial charge >= 0.3 is 11.9 Å². The van der Waals surface area contributed by atoms with Crippen molar-refractivity contribution in [2.45, 2.75) is 72.1 Å². The molecule has 0 aromatic carbocycles. The van der Waals surface area contributed by atoms with E-state index >= 15 is 0 Å². The first kappa shape index (κ1) is 35.3. The molecule has 2 atom stereocenters. The summed E-state index contributed by atoms with van der Waals surface area (Å²) in [5.41, 5.74) is 10.2. The number of hydrogen-bond donors (Lipinski definition) is 4. The summed E-state index contributed by atoms with van der Waals surface area (Å²) in [7, 11) is 3.23. The predicted octanol–water partition coefficient (Wildman–Crippen LogP) is 6.55. The minimum Gasteiger partial charge on any atom is -0.481 e. The highest BCUT2D eigenvalue weighted by atomic mass is 16.5. The number of ether oxygens (including phenoxy) is 1. The molecule has 0 fully saturated rings. The summed E-state index contributed by atoms with van der Waals surface area (Å²) in [6.45, 7) is 14.6. The van der Waals surface area contributed by atoms with Crippen molar-refractivity contribution in [2.75, 3.05) is 27.3 Å². The van der Waals surface area contributed by atoms with Crippen LogP contribution in [0.2, 0.25) is 0 Å². The molecular weight excluding hydrogens is 622 g/mol. The lowest BCUT2D eigenvalue weighted by Gasteiger charge is -2.20. The van der Waals surface area contributed by atoms with Gasteiger partial charge in [-0.25, -0.2) is 9.78 Å². The minimum absolute atomic E-state index is 0.00384. The first-order valence-corrected chi connectivity index (χ1v) is 16.6. The number of aromatic nitrogens is 4. The van der Waals surface area contributed by atoms with Gasteiger partial charge in [-0.3, -0.25) is 14.6 Å². The molecule has 0 unspecified atom stereocenters. The number of aromatic amines is 2. The summed E-state index contributed by atoms with van der Waals surface area (Å²) in [6, 6.07) is 5.90. The molecule has 3 aromatic heterocycles. The number of allylic oxidation sites excluding steroid dienone is 1. The summed E-state index contributed by atoms with van der Waals surface area (Å²) >= 11 is 0. The molecule has 11 nitrogen and oxygen atoms in total. The first-order valence-electron chi connectivity index (χ1n) is 16.6. The molecule has 3 aromatic rings. The van der Waals surface area contributed by atoms with Crippen LogP contribution in [0.1, 0.15) is 96.0 Å². The highest BCUT2D eigenvalue weighted by Crippen LogP contribution is 2.44. The number of carbonyl (C=O) groups excluding carboxylic acids is 1. The Labute approximate surface area is 285 Å². The van der Waals surface area contributed by atoms with Gasteiger partial charge in [-0.15, -0.1) is 0 Å². The van der Waals surface area contributed by atoms with Gasteiger partial charge in [0.25, 0.3) is 0 Å². The number of nitrogens with one attached hydrogen (secondary N) is 2. The number of hydrogen-bond acceptors (Lipinski definition) is 6. The van der Waals surface area contributed by atoms with Crippen LogP contribution in [0, 0.1) is 13.8 Å². The van der Waals surface area contributed by atoms with Crippen molar-refractivity contribution in [3.63, 3.8) is 0 Å². The molecule has 49 heavy (non-hydrogen) atoms. The van der Waals surface area contributed by atoms with Crippen molar-refractivity contribution >= 4 is 57.1 Å². The third kappa shape index (κ3) is 6.67. The van der Waals surface area contributed by atoms with E-state index in [1.807, 2.05) is 32.1 Å². The van der Waals surface area contributed by atoms with Crippen LogP contribution in [0.5, 0.6) is 0 Å². The standard InChI is InChI=1S/C38H45N5O6/c1-9-23-19(3)27-16-29-21(5)25(11-12-34(45)46)36(41-29)26(15-33(44)43(7)13-14-49-8)37-35(38(47)48)22(6)30(42-37)18-32-24(10-2)20(4)28(40-32)17-31(23)39-27/h9,16-18,21,25,39-40H,1,10-15H2,2-8H3,(H,45,46)(H,47,48)/t21-,25-/m0/s1. The molecule has 0 radical (unpaired) electrons. The van der Waals surface area contributed by atoms with Crippen LogP contribution >= 0.6 is 0 Å². The van der Waals surface area contributed by atoms with Crippen LogP contribution in [0.4, 0.5) is 0 Å². The fourth-order valence-corrected chi connectivity index (χ4v) is 7.01. The summed E-state index contributed by atoms with van der Waals surface area (Å²) in [5, 5.41) is 20.3. The molecule has 0 spiro atoms. The topological polar surface area (TPSA) is 162 Å². The molecule has 4 N–H and O–H groups in total. The van der Waals surface area contributed by atoms with E-state index in [1.165, 1.54) is 4.90 Å². The Hall–Kier alpha value is -5.03. The first-order chi connectivity index (χ1) is 23.3. The second-order valence-corrected chi connectivity index (χ2v) is 12.9. The van der Waals surface area contributed by atoms with Gasteiger partial charge in [0.05, 0.1) is 35.7 Å². The lowest BCUT2D eigenvalue weighted by Crippen LogP contribution is -2.32. The van der Waals surface area contributed by atoms with Crippen LogP contribution < -0.4 is 0 Å². The summed E-state index contributed by atoms with van der Waals surface area (Å²) in [4.78, 5) is 57.3. The maximum Gasteiger partial charge on any atom is 0.338 e. The molecule has 5 rings (SSSR count). The van der Waals surface area contributed by atoms with E-state index in [0.29, 0.717) is 41.4 Å². The second kappa shape index (κ2) is 14.2. The van der Waals surface area contributed by atoms with E-state index in [-0.39, 0.29) is 42.4 Å². The van der Waals surface area contributed by atoms with E-state index in [9.17, 15) is 24.6 Å². The number of aryl methyl sites for hydroxylation is 3. The summed E-state index contributed by atoms with van der Waals surface area (Å²) < 4.78 is 5.19. The monoisotopic (exact) mass is 667 g/mol. The largest absolute Gasteiger partial charge is 0.481 e. The Morgan fingerprint density at radius 2 is 1.69 bits per heavy atom. The zero-order valence-electron chi connectivity index (χ0n) is 29.3. The molecule has 1 amide bonds. The smallest absolute Gasteiger partial charge is 0.338 e. The molecular formula is C38H45N5O6. The third-order valence-electron chi connectivity index (χ3n) is 10.0. The Kier molecular flexibility index (Phi) is 10.2. The predicted molar refractivity (Wildman–Crippen MR) is 191 cm³/mol. The number of H-pyrrole nitrogens is 2. The quantitative estimate of drug-likeness (QED) is 0.179. The van der Waals surface area contributed by atoms with Gasteiger partial charge in [0.1, 0.15) is 0 Å². The second-order valence-electron chi connectivity index (χ2n) is 12.9. The van der Waals surface area contributed by atoms with Crippen molar-refractivity contribution < 1.29 is 29.3 Å². The fourth-order valence-electron chi connectivity index (χ4n) is 7.01. The van der Waals surface area contributed by atoms with E-state index in [2.05, 4.69) is 36.5 Å². The lowest BCUT2D eigenvalue weighted by atomic mass is 9.84. The number of methoxy groups -OCH3 is 1. The van der Waals surface area contributed by atoms with Crippen LogP contribution in [0.25, 0.3) is 39.3 Å².